The van der Waals surface area contributed by atoms with E-state index in [1.165, 1.54) is 25.7 Å². The van der Waals surface area contributed by atoms with Crippen molar-refractivity contribution in [3.63, 3.8) is 0 Å². The van der Waals surface area contributed by atoms with Crippen LogP contribution in [0.15, 0.2) is 18.3 Å². The van der Waals surface area contributed by atoms with Crippen molar-refractivity contribution in [2.75, 3.05) is 12.4 Å². The van der Waals surface area contributed by atoms with Crippen LogP contribution >= 0.6 is 0 Å². The molecule has 0 bridgehead atoms. The summed E-state index contributed by atoms with van der Waals surface area (Å²) in [6.07, 6.45) is 6.94. The van der Waals surface area contributed by atoms with Gasteiger partial charge in [-0.1, -0.05) is 12.8 Å². The number of rotatable bonds is 3. The van der Waals surface area contributed by atoms with Gasteiger partial charge in [0.2, 0.25) is 5.88 Å². The Bertz CT molecular complexity index is 295. The van der Waals surface area contributed by atoms with Crippen molar-refractivity contribution >= 4 is 5.69 Å². The molecule has 0 saturated heterocycles. The molecule has 0 atom stereocenters. The zero-order valence-electron chi connectivity index (χ0n) is 8.49. The van der Waals surface area contributed by atoms with Crippen LogP contribution in [0, 0.1) is 0 Å². The molecule has 1 N–H and O–H groups in total. The van der Waals surface area contributed by atoms with Crippen molar-refractivity contribution in [3.8, 4) is 5.88 Å². The summed E-state index contributed by atoms with van der Waals surface area (Å²) in [4.78, 5) is 4.15. The third kappa shape index (κ3) is 1.97. The fourth-order valence-corrected chi connectivity index (χ4v) is 1.95. The Morgan fingerprint density at radius 1 is 1.43 bits per heavy atom. The van der Waals surface area contributed by atoms with Gasteiger partial charge in [-0.3, -0.25) is 0 Å². The van der Waals surface area contributed by atoms with Crippen molar-refractivity contribution < 1.29 is 4.74 Å². The van der Waals surface area contributed by atoms with Crippen LogP contribution in [-0.2, 0) is 0 Å². The first kappa shape index (κ1) is 9.31. The lowest BCUT2D eigenvalue weighted by Gasteiger charge is -2.14. The molecule has 3 heteroatoms. The fraction of sp³-hybridized carbons (Fsp3) is 0.545. The Hall–Kier alpha value is -1.25. The van der Waals surface area contributed by atoms with E-state index in [4.69, 9.17) is 4.74 Å². The van der Waals surface area contributed by atoms with Crippen LogP contribution in [-0.4, -0.2) is 18.1 Å². The number of anilines is 1. The van der Waals surface area contributed by atoms with Gasteiger partial charge in [-0.15, -0.1) is 0 Å². The molecule has 1 aliphatic carbocycles. The standard InChI is InChI=1S/C11H16N2O/c1-14-11-10(7-4-8-12-11)13-9-5-2-3-6-9/h4,7-9,13H,2-3,5-6H2,1H3. The first-order valence-corrected chi connectivity index (χ1v) is 5.15. The molecule has 0 aliphatic heterocycles. The second-order valence-corrected chi connectivity index (χ2v) is 3.69. The smallest absolute Gasteiger partial charge is 0.237 e. The molecule has 0 unspecified atom stereocenters. The zero-order valence-corrected chi connectivity index (χ0v) is 8.49. The van der Waals surface area contributed by atoms with Gasteiger partial charge in [0.15, 0.2) is 0 Å². The minimum absolute atomic E-state index is 0.605. The van der Waals surface area contributed by atoms with E-state index >= 15 is 0 Å². The van der Waals surface area contributed by atoms with Crippen LogP contribution in [0.4, 0.5) is 5.69 Å². The Labute approximate surface area is 84.5 Å². The molecule has 1 heterocycles. The minimum atomic E-state index is 0.605. The first-order valence-electron chi connectivity index (χ1n) is 5.15. The van der Waals surface area contributed by atoms with Crippen molar-refractivity contribution in [2.45, 2.75) is 31.7 Å². The summed E-state index contributed by atoms with van der Waals surface area (Å²) in [7, 11) is 1.65. The molecule has 0 amide bonds. The molecule has 1 saturated carbocycles. The van der Waals surface area contributed by atoms with Crippen LogP contribution < -0.4 is 10.1 Å². The second kappa shape index (κ2) is 4.31. The first-order chi connectivity index (χ1) is 6.90. The van der Waals surface area contributed by atoms with Gasteiger partial charge in [0, 0.05) is 12.2 Å². The Kier molecular flexibility index (Phi) is 2.87. The Morgan fingerprint density at radius 2 is 2.21 bits per heavy atom. The highest BCUT2D eigenvalue weighted by atomic mass is 16.5. The summed E-state index contributed by atoms with van der Waals surface area (Å²) >= 11 is 0. The summed E-state index contributed by atoms with van der Waals surface area (Å²) in [5.74, 6) is 0.694. The highest BCUT2D eigenvalue weighted by Crippen LogP contribution is 2.26. The summed E-state index contributed by atoms with van der Waals surface area (Å²) < 4.78 is 5.18. The maximum absolute atomic E-state index is 5.18. The highest BCUT2D eigenvalue weighted by Gasteiger charge is 2.16. The molecule has 2 rings (SSSR count). The van der Waals surface area contributed by atoms with Gasteiger partial charge in [0.05, 0.1) is 12.8 Å². The lowest BCUT2D eigenvalue weighted by Crippen LogP contribution is -2.15. The number of aromatic nitrogens is 1. The van der Waals surface area contributed by atoms with E-state index in [0.29, 0.717) is 11.9 Å². The number of hydrogen-bond acceptors (Lipinski definition) is 3. The molecule has 1 aromatic rings. The summed E-state index contributed by atoms with van der Waals surface area (Å²) in [5, 5.41) is 3.47. The van der Waals surface area contributed by atoms with Crippen molar-refractivity contribution in [1.82, 2.24) is 4.98 Å². The molecular formula is C11H16N2O. The van der Waals surface area contributed by atoms with Gasteiger partial charge < -0.3 is 10.1 Å². The summed E-state index contributed by atoms with van der Waals surface area (Å²) in [6, 6.07) is 4.55. The topological polar surface area (TPSA) is 34.1 Å². The predicted octanol–water partition coefficient (Wildman–Crippen LogP) is 2.44. The van der Waals surface area contributed by atoms with Gasteiger partial charge in [0.25, 0.3) is 0 Å². The van der Waals surface area contributed by atoms with E-state index in [9.17, 15) is 0 Å². The van der Waals surface area contributed by atoms with Crippen LogP contribution in [0.3, 0.4) is 0 Å². The minimum Gasteiger partial charge on any atom is -0.480 e. The number of nitrogens with zero attached hydrogens (tertiary/aromatic N) is 1. The summed E-state index contributed by atoms with van der Waals surface area (Å²) in [6.45, 7) is 0. The Morgan fingerprint density at radius 3 is 2.93 bits per heavy atom. The maximum atomic E-state index is 5.18. The van der Waals surface area contributed by atoms with Gasteiger partial charge in [-0.05, 0) is 25.0 Å². The van der Waals surface area contributed by atoms with Gasteiger partial charge in [0.1, 0.15) is 0 Å². The van der Waals surface area contributed by atoms with Gasteiger partial charge in [-0.2, -0.15) is 0 Å². The number of methoxy groups -OCH3 is 1. The maximum Gasteiger partial charge on any atom is 0.237 e. The number of nitrogens with one attached hydrogen (secondary N) is 1. The number of pyridine rings is 1. The van der Waals surface area contributed by atoms with Crippen molar-refractivity contribution in [2.24, 2.45) is 0 Å². The average molecular weight is 192 g/mol. The molecule has 76 valence electrons. The molecule has 1 aliphatic rings. The molecule has 0 aromatic carbocycles. The lowest BCUT2D eigenvalue weighted by atomic mass is 10.2. The molecule has 0 radical (unpaired) electrons. The highest BCUT2D eigenvalue weighted by molar-refractivity contribution is 5.52. The molecule has 0 spiro atoms. The third-order valence-electron chi connectivity index (χ3n) is 2.68. The largest absolute Gasteiger partial charge is 0.480 e. The quantitative estimate of drug-likeness (QED) is 0.798. The normalized spacial score (nSPS) is 16.9. The Balaban J connectivity index is 2.07. The predicted molar refractivity (Wildman–Crippen MR) is 56.7 cm³/mol. The number of hydrogen-bond donors (Lipinski definition) is 1. The monoisotopic (exact) mass is 192 g/mol. The van der Waals surface area contributed by atoms with E-state index < -0.39 is 0 Å². The lowest BCUT2D eigenvalue weighted by molar-refractivity contribution is 0.399. The fourth-order valence-electron chi connectivity index (χ4n) is 1.95. The van der Waals surface area contributed by atoms with E-state index in [0.717, 1.165) is 5.69 Å². The van der Waals surface area contributed by atoms with E-state index in [2.05, 4.69) is 10.3 Å². The zero-order chi connectivity index (χ0) is 9.80. The number of ether oxygens (including phenoxy) is 1. The summed E-state index contributed by atoms with van der Waals surface area (Å²) in [5.41, 5.74) is 1.02. The van der Waals surface area contributed by atoms with Gasteiger partial charge in [-0.25, -0.2) is 4.98 Å². The van der Waals surface area contributed by atoms with Gasteiger partial charge >= 0.3 is 0 Å². The van der Waals surface area contributed by atoms with E-state index in [1.807, 2.05) is 12.1 Å². The molecule has 3 nitrogen and oxygen atoms in total. The average Bonchev–Trinajstić information content (AvgIpc) is 2.71. The molecule has 14 heavy (non-hydrogen) atoms. The second-order valence-electron chi connectivity index (χ2n) is 3.69. The van der Waals surface area contributed by atoms with Crippen LogP contribution in [0.25, 0.3) is 0 Å². The third-order valence-corrected chi connectivity index (χ3v) is 2.68. The SMILES string of the molecule is COc1ncccc1NC1CCCC1. The molecule has 1 fully saturated rings. The van der Waals surface area contributed by atoms with Crippen molar-refractivity contribution in [1.29, 1.82) is 0 Å². The van der Waals surface area contributed by atoms with Crippen molar-refractivity contribution in [3.05, 3.63) is 18.3 Å². The van der Waals surface area contributed by atoms with Crippen LogP contribution in [0.5, 0.6) is 5.88 Å². The van der Waals surface area contributed by atoms with E-state index in [1.54, 1.807) is 13.3 Å². The molecular weight excluding hydrogens is 176 g/mol. The molecule has 1 aromatic heterocycles. The van der Waals surface area contributed by atoms with E-state index in [-0.39, 0.29) is 0 Å². The van der Waals surface area contributed by atoms with Crippen LogP contribution in [0.2, 0.25) is 0 Å². The van der Waals surface area contributed by atoms with Crippen LogP contribution in [0.1, 0.15) is 25.7 Å².